The number of nitrogens with zero attached hydrogens (tertiary/aromatic N) is 1. The van der Waals surface area contributed by atoms with Gasteiger partial charge in [-0.3, -0.25) is 9.59 Å². The van der Waals surface area contributed by atoms with Crippen LogP contribution in [0, 0.1) is 0 Å². The van der Waals surface area contributed by atoms with Crippen LogP contribution in [0.3, 0.4) is 0 Å². The van der Waals surface area contributed by atoms with Gasteiger partial charge in [0.15, 0.2) is 9.84 Å². The molecular formula is C24H21ClN2O5S. The highest BCUT2D eigenvalue weighted by Gasteiger charge is 2.39. The predicted molar refractivity (Wildman–Crippen MR) is 126 cm³/mol. The molecule has 0 spiro atoms. The number of rotatable bonds is 5. The first-order chi connectivity index (χ1) is 15.8. The van der Waals surface area contributed by atoms with E-state index in [0.717, 1.165) is 0 Å². The van der Waals surface area contributed by atoms with Crippen LogP contribution in [-0.4, -0.2) is 33.9 Å². The number of nitrogens with one attached hydrogen (secondary N) is 1. The number of fused-ring (bicyclic) bond motifs is 1. The third-order valence-corrected chi connectivity index (χ3v) is 7.79. The van der Waals surface area contributed by atoms with E-state index in [9.17, 15) is 18.0 Å². The van der Waals surface area contributed by atoms with Gasteiger partial charge in [-0.2, -0.15) is 0 Å². The van der Waals surface area contributed by atoms with E-state index < -0.39 is 26.9 Å². The molecule has 170 valence electrons. The minimum atomic E-state index is -3.88. The van der Waals surface area contributed by atoms with Gasteiger partial charge in [-0.15, -0.1) is 0 Å². The van der Waals surface area contributed by atoms with Crippen molar-refractivity contribution >= 4 is 44.6 Å². The van der Waals surface area contributed by atoms with Gasteiger partial charge < -0.3 is 15.0 Å². The van der Waals surface area contributed by atoms with Crippen molar-refractivity contribution in [2.45, 2.75) is 16.6 Å². The molecule has 0 aliphatic carbocycles. The predicted octanol–water partition coefficient (Wildman–Crippen LogP) is 4.24. The molecule has 3 aromatic rings. The van der Waals surface area contributed by atoms with E-state index in [1.54, 1.807) is 54.6 Å². The van der Waals surface area contributed by atoms with E-state index in [1.165, 1.54) is 30.2 Å². The Kier molecular flexibility index (Phi) is 6.40. The number of halogens is 1. The van der Waals surface area contributed by atoms with Gasteiger partial charge in [0.1, 0.15) is 12.3 Å². The van der Waals surface area contributed by atoms with Crippen molar-refractivity contribution in [2.75, 3.05) is 23.9 Å². The van der Waals surface area contributed by atoms with Crippen molar-refractivity contribution in [1.29, 1.82) is 0 Å². The van der Waals surface area contributed by atoms with Crippen molar-refractivity contribution in [3.63, 3.8) is 0 Å². The number of amides is 2. The van der Waals surface area contributed by atoms with E-state index >= 15 is 0 Å². The fourth-order valence-electron chi connectivity index (χ4n) is 3.84. The summed E-state index contributed by atoms with van der Waals surface area (Å²) in [7, 11) is -2.42. The van der Waals surface area contributed by atoms with Gasteiger partial charge in [-0.1, -0.05) is 54.1 Å². The second-order valence-corrected chi connectivity index (χ2v) is 10.0. The fraction of sp³-hybridized carbons (Fsp3) is 0.167. The smallest absolute Gasteiger partial charge is 0.244 e. The van der Waals surface area contributed by atoms with Crippen molar-refractivity contribution in [3.05, 3.63) is 83.4 Å². The summed E-state index contributed by atoms with van der Waals surface area (Å²) < 4.78 is 32.3. The molecule has 0 aromatic heterocycles. The van der Waals surface area contributed by atoms with Crippen LogP contribution in [0.4, 0.5) is 11.4 Å². The highest BCUT2D eigenvalue weighted by molar-refractivity contribution is 7.92. The van der Waals surface area contributed by atoms with E-state index in [0.29, 0.717) is 22.0 Å². The number of carbonyl (C=O) groups excluding carboxylic acids is 2. The van der Waals surface area contributed by atoms with Gasteiger partial charge in [0.05, 0.1) is 28.6 Å². The van der Waals surface area contributed by atoms with E-state index in [2.05, 4.69) is 5.32 Å². The summed E-state index contributed by atoms with van der Waals surface area (Å²) in [5.74, 6) is -0.582. The van der Waals surface area contributed by atoms with Gasteiger partial charge in [0.2, 0.25) is 11.8 Å². The summed E-state index contributed by atoms with van der Waals surface area (Å²) in [4.78, 5) is 27.4. The van der Waals surface area contributed by atoms with Crippen LogP contribution < -0.4 is 15.0 Å². The van der Waals surface area contributed by atoms with Crippen molar-refractivity contribution in [3.8, 4) is 5.75 Å². The molecule has 1 N–H and O–H groups in total. The number of para-hydroxylation sites is 1. The lowest BCUT2D eigenvalue weighted by molar-refractivity contribution is -0.121. The summed E-state index contributed by atoms with van der Waals surface area (Å²) >= 11 is 6.03. The molecule has 1 aliphatic rings. The van der Waals surface area contributed by atoms with Crippen LogP contribution in [0.1, 0.15) is 17.2 Å². The first kappa shape index (κ1) is 22.8. The Morgan fingerprint density at radius 2 is 1.79 bits per heavy atom. The largest absolute Gasteiger partial charge is 0.495 e. The van der Waals surface area contributed by atoms with Crippen LogP contribution in [0.25, 0.3) is 0 Å². The second kappa shape index (κ2) is 9.25. The number of hydrogen-bond donors (Lipinski definition) is 1. The Labute approximate surface area is 196 Å². The molecule has 0 fully saturated rings. The minimum Gasteiger partial charge on any atom is -0.495 e. The van der Waals surface area contributed by atoms with Gasteiger partial charge in [-0.05, 0) is 35.9 Å². The van der Waals surface area contributed by atoms with Crippen LogP contribution in [0.15, 0.2) is 77.7 Å². The molecule has 1 atom stereocenters. The molecule has 33 heavy (non-hydrogen) atoms. The normalized spacial score (nSPS) is 17.1. The third kappa shape index (κ3) is 4.58. The number of benzene rings is 3. The van der Waals surface area contributed by atoms with Crippen molar-refractivity contribution in [2.24, 2.45) is 0 Å². The topological polar surface area (TPSA) is 92.8 Å². The zero-order valence-electron chi connectivity index (χ0n) is 17.7. The molecule has 0 saturated heterocycles. The third-order valence-electron chi connectivity index (χ3n) is 5.41. The first-order valence-corrected chi connectivity index (χ1v) is 12.1. The Morgan fingerprint density at radius 3 is 2.52 bits per heavy atom. The van der Waals surface area contributed by atoms with Gasteiger partial charge in [0, 0.05) is 11.4 Å². The van der Waals surface area contributed by atoms with Gasteiger partial charge in [-0.25, -0.2) is 8.42 Å². The molecule has 1 heterocycles. The SMILES string of the molecule is COc1ccc(Cl)cc1NC(=O)CN1C(=O)CC(c2ccccc2)S(=O)(=O)c2ccccc21. The number of hydrogen-bond acceptors (Lipinski definition) is 5. The maximum Gasteiger partial charge on any atom is 0.244 e. The molecular weight excluding hydrogens is 464 g/mol. The second-order valence-electron chi connectivity index (χ2n) is 7.49. The highest BCUT2D eigenvalue weighted by Crippen LogP contribution is 2.40. The molecule has 2 amide bonds. The monoisotopic (exact) mass is 484 g/mol. The number of carbonyl (C=O) groups is 2. The Morgan fingerprint density at radius 1 is 1.09 bits per heavy atom. The molecule has 0 radical (unpaired) electrons. The molecule has 3 aromatic carbocycles. The number of sulfone groups is 1. The number of anilines is 2. The maximum absolute atomic E-state index is 13.5. The summed E-state index contributed by atoms with van der Waals surface area (Å²) in [6.45, 7) is -0.372. The summed E-state index contributed by atoms with van der Waals surface area (Å²) in [5.41, 5.74) is 1.05. The van der Waals surface area contributed by atoms with Gasteiger partial charge >= 0.3 is 0 Å². The lowest BCUT2D eigenvalue weighted by Crippen LogP contribution is -2.38. The highest BCUT2D eigenvalue weighted by atomic mass is 35.5. The standard InChI is InChI=1S/C24H21ClN2O5S/c1-32-20-12-11-17(25)13-18(20)26-23(28)15-27-19-9-5-6-10-21(19)33(30,31)22(14-24(27)29)16-7-3-2-4-8-16/h2-13,22H,14-15H2,1H3,(H,26,28). The molecule has 9 heteroatoms. The molecule has 4 rings (SSSR count). The average molecular weight is 485 g/mol. The fourth-order valence-corrected chi connectivity index (χ4v) is 5.93. The minimum absolute atomic E-state index is 0.0119. The number of ether oxygens (including phenoxy) is 1. The molecule has 7 nitrogen and oxygen atoms in total. The molecule has 1 aliphatic heterocycles. The zero-order valence-corrected chi connectivity index (χ0v) is 19.3. The van der Waals surface area contributed by atoms with Crippen LogP contribution in [-0.2, 0) is 19.4 Å². The van der Waals surface area contributed by atoms with E-state index in [4.69, 9.17) is 16.3 Å². The first-order valence-electron chi connectivity index (χ1n) is 10.1. The lowest BCUT2D eigenvalue weighted by Gasteiger charge is -2.22. The molecule has 0 bridgehead atoms. The Hall–Kier alpha value is -3.36. The maximum atomic E-state index is 13.5. The summed E-state index contributed by atoms with van der Waals surface area (Å²) in [6.07, 6.45) is -0.283. The van der Waals surface area contributed by atoms with Crippen molar-refractivity contribution in [1.82, 2.24) is 0 Å². The Bertz CT molecular complexity index is 1310. The van der Waals surface area contributed by atoms with Crippen molar-refractivity contribution < 1.29 is 22.7 Å². The lowest BCUT2D eigenvalue weighted by atomic mass is 10.1. The zero-order chi connectivity index (χ0) is 23.6. The van der Waals surface area contributed by atoms with E-state index in [1.807, 2.05) is 0 Å². The summed E-state index contributed by atoms with van der Waals surface area (Å²) in [6, 6.07) is 19.6. The molecule has 1 unspecified atom stereocenters. The average Bonchev–Trinajstić information content (AvgIpc) is 2.88. The van der Waals surface area contributed by atoms with Crippen LogP contribution in [0.5, 0.6) is 5.75 Å². The number of methoxy groups -OCH3 is 1. The Balaban J connectivity index is 1.69. The van der Waals surface area contributed by atoms with Crippen LogP contribution in [0.2, 0.25) is 5.02 Å². The quantitative estimate of drug-likeness (QED) is 0.584. The van der Waals surface area contributed by atoms with Crippen LogP contribution >= 0.6 is 11.6 Å². The summed E-state index contributed by atoms with van der Waals surface area (Å²) in [5, 5.41) is 2.05. The van der Waals surface area contributed by atoms with Gasteiger partial charge in [0.25, 0.3) is 0 Å². The van der Waals surface area contributed by atoms with E-state index in [-0.39, 0.29) is 23.5 Å². The molecule has 0 saturated carbocycles.